The predicted octanol–water partition coefficient (Wildman–Crippen LogP) is 2.18. The summed E-state index contributed by atoms with van der Waals surface area (Å²) >= 11 is 0. The molecule has 10 heavy (non-hydrogen) atoms. The lowest BCUT2D eigenvalue weighted by Crippen LogP contribution is -1.91. The van der Waals surface area contributed by atoms with Gasteiger partial charge in [-0.05, 0) is 11.5 Å². The Kier molecular flexibility index (Phi) is 3.18. The molecule has 1 rings (SSSR count). The average Bonchev–Trinajstić information content (AvgIpc) is 2.03. The summed E-state index contributed by atoms with van der Waals surface area (Å²) < 4.78 is 0. The van der Waals surface area contributed by atoms with Crippen molar-refractivity contribution >= 4 is 13.9 Å². The van der Waals surface area contributed by atoms with E-state index >= 15 is 0 Å². The molecule has 1 heteroatoms. The van der Waals surface area contributed by atoms with Crippen molar-refractivity contribution in [1.82, 2.24) is 0 Å². The molecule has 0 fully saturated rings. The van der Waals surface area contributed by atoms with Crippen LogP contribution in [0.3, 0.4) is 0 Å². The minimum absolute atomic E-state index is 0.886. The molecule has 0 amide bonds. The van der Waals surface area contributed by atoms with Crippen molar-refractivity contribution in [3.8, 4) is 0 Å². The van der Waals surface area contributed by atoms with Gasteiger partial charge in [0.25, 0.3) is 0 Å². The Morgan fingerprint density at radius 2 is 2.00 bits per heavy atom. The minimum Gasteiger partial charge on any atom is -0.103 e. The number of allylic oxidation sites excluding steroid dienone is 1. The Morgan fingerprint density at radius 3 is 2.60 bits per heavy atom. The second-order valence-corrected chi connectivity index (χ2v) is 3.37. The first-order chi connectivity index (χ1) is 4.93. The predicted molar refractivity (Wildman–Crippen MR) is 49.5 cm³/mol. The molecule has 0 heterocycles. The zero-order valence-corrected chi connectivity index (χ0v) is 6.88. The molecule has 0 bridgehead atoms. The second kappa shape index (κ2) is 4.24. The van der Waals surface area contributed by atoms with Gasteiger partial charge in [-0.15, -0.1) is 6.58 Å². The Balaban J connectivity index is 2.50. The summed E-state index contributed by atoms with van der Waals surface area (Å²) in [7, 11) is 0.886. The van der Waals surface area contributed by atoms with Gasteiger partial charge in [-0.25, -0.2) is 0 Å². The van der Waals surface area contributed by atoms with Crippen molar-refractivity contribution in [2.45, 2.75) is 0 Å². The third-order valence-electron chi connectivity index (χ3n) is 1.22. The molecule has 0 nitrogen and oxygen atoms in total. The number of rotatable bonds is 3. The Morgan fingerprint density at radius 1 is 1.30 bits per heavy atom. The number of hydrogen-bond acceptors (Lipinski definition) is 0. The molecular formula is C9H11P. The third kappa shape index (κ3) is 2.33. The standard InChI is InChI=1S/C9H11P/c1-2-8-10-9-6-4-3-5-7-9/h2-7,10H,1,8H2. The fourth-order valence-corrected chi connectivity index (χ4v) is 1.55. The van der Waals surface area contributed by atoms with Crippen LogP contribution >= 0.6 is 8.58 Å². The molecule has 0 aromatic heterocycles. The first-order valence-electron chi connectivity index (χ1n) is 3.33. The SMILES string of the molecule is C=CCPc1ccccc1. The molecule has 1 atom stereocenters. The van der Waals surface area contributed by atoms with Gasteiger partial charge in [0.2, 0.25) is 0 Å². The van der Waals surface area contributed by atoms with Gasteiger partial charge in [0.15, 0.2) is 0 Å². The largest absolute Gasteiger partial charge is 0.103 e. The van der Waals surface area contributed by atoms with Crippen molar-refractivity contribution in [2.24, 2.45) is 0 Å². The molecule has 0 radical (unpaired) electrons. The summed E-state index contributed by atoms with van der Waals surface area (Å²) in [6, 6.07) is 10.5. The van der Waals surface area contributed by atoms with Crippen LogP contribution in [-0.4, -0.2) is 6.16 Å². The van der Waals surface area contributed by atoms with Crippen LogP contribution in [0, 0.1) is 0 Å². The zero-order chi connectivity index (χ0) is 7.23. The highest BCUT2D eigenvalue weighted by Gasteiger charge is 1.85. The third-order valence-corrected chi connectivity index (χ3v) is 2.46. The molecule has 0 aliphatic carbocycles. The molecule has 0 aliphatic rings. The molecule has 0 aliphatic heterocycles. The van der Waals surface area contributed by atoms with E-state index in [2.05, 4.69) is 30.8 Å². The maximum atomic E-state index is 3.68. The molecule has 52 valence electrons. The lowest BCUT2D eigenvalue weighted by molar-refractivity contribution is 1.75. The van der Waals surface area contributed by atoms with E-state index in [9.17, 15) is 0 Å². The molecule has 1 unspecified atom stereocenters. The minimum atomic E-state index is 0.886. The fourth-order valence-electron chi connectivity index (χ4n) is 0.746. The van der Waals surface area contributed by atoms with Gasteiger partial charge in [-0.1, -0.05) is 45.0 Å². The van der Waals surface area contributed by atoms with Gasteiger partial charge in [0.1, 0.15) is 0 Å². The van der Waals surface area contributed by atoms with Crippen LogP contribution in [-0.2, 0) is 0 Å². The highest BCUT2D eigenvalue weighted by atomic mass is 31.1. The molecule has 1 aromatic rings. The van der Waals surface area contributed by atoms with Crippen LogP contribution in [0.25, 0.3) is 0 Å². The van der Waals surface area contributed by atoms with Gasteiger partial charge in [-0.2, -0.15) is 0 Å². The van der Waals surface area contributed by atoms with Gasteiger partial charge in [0.05, 0.1) is 0 Å². The monoisotopic (exact) mass is 150 g/mol. The Hall–Kier alpha value is -0.610. The first-order valence-corrected chi connectivity index (χ1v) is 4.54. The van der Waals surface area contributed by atoms with Crippen molar-refractivity contribution < 1.29 is 0 Å². The van der Waals surface area contributed by atoms with Gasteiger partial charge in [0, 0.05) is 0 Å². The van der Waals surface area contributed by atoms with Crippen molar-refractivity contribution in [3.05, 3.63) is 43.0 Å². The Bertz CT molecular complexity index is 191. The van der Waals surface area contributed by atoms with Crippen LogP contribution in [0.4, 0.5) is 0 Å². The maximum absolute atomic E-state index is 3.68. The molecule has 0 saturated carbocycles. The molecule has 0 saturated heterocycles. The quantitative estimate of drug-likeness (QED) is 0.457. The van der Waals surface area contributed by atoms with E-state index in [1.54, 1.807) is 0 Å². The molecule has 0 spiro atoms. The normalized spacial score (nSPS) is 10.4. The van der Waals surface area contributed by atoms with Crippen molar-refractivity contribution in [3.63, 3.8) is 0 Å². The highest BCUT2D eigenvalue weighted by molar-refractivity contribution is 7.47. The summed E-state index contributed by atoms with van der Waals surface area (Å²) in [5.74, 6) is 0. The van der Waals surface area contributed by atoms with Crippen molar-refractivity contribution in [2.75, 3.05) is 6.16 Å². The van der Waals surface area contributed by atoms with E-state index < -0.39 is 0 Å². The Labute approximate surface area is 63.8 Å². The van der Waals surface area contributed by atoms with Gasteiger partial charge < -0.3 is 0 Å². The van der Waals surface area contributed by atoms with E-state index in [1.165, 1.54) is 5.30 Å². The first kappa shape index (κ1) is 7.50. The maximum Gasteiger partial charge on any atom is -0.0135 e. The molecule has 0 N–H and O–H groups in total. The lowest BCUT2D eigenvalue weighted by Gasteiger charge is -1.95. The van der Waals surface area contributed by atoms with Gasteiger partial charge >= 0.3 is 0 Å². The smallest absolute Gasteiger partial charge is 0.0135 e. The number of benzene rings is 1. The lowest BCUT2D eigenvalue weighted by atomic mass is 10.4. The summed E-state index contributed by atoms with van der Waals surface area (Å²) in [4.78, 5) is 0. The van der Waals surface area contributed by atoms with Crippen LogP contribution in [0.1, 0.15) is 0 Å². The van der Waals surface area contributed by atoms with Crippen LogP contribution in [0.2, 0.25) is 0 Å². The van der Waals surface area contributed by atoms with E-state index in [0.717, 1.165) is 14.7 Å². The molecule has 1 aromatic carbocycles. The van der Waals surface area contributed by atoms with E-state index in [4.69, 9.17) is 0 Å². The fraction of sp³-hybridized carbons (Fsp3) is 0.111. The topological polar surface area (TPSA) is 0 Å². The molecular weight excluding hydrogens is 139 g/mol. The average molecular weight is 150 g/mol. The van der Waals surface area contributed by atoms with Crippen LogP contribution < -0.4 is 5.30 Å². The summed E-state index contributed by atoms with van der Waals surface area (Å²) in [6.45, 7) is 3.68. The van der Waals surface area contributed by atoms with Crippen molar-refractivity contribution in [1.29, 1.82) is 0 Å². The second-order valence-electron chi connectivity index (χ2n) is 2.04. The van der Waals surface area contributed by atoms with Gasteiger partial charge in [-0.3, -0.25) is 0 Å². The summed E-state index contributed by atoms with van der Waals surface area (Å²) in [5, 5.41) is 1.42. The summed E-state index contributed by atoms with van der Waals surface area (Å²) in [6.07, 6.45) is 3.06. The van der Waals surface area contributed by atoms with E-state index in [1.807, 2.05) is 12.1 Å². The van der Waals surface area contributed by atoms with E-state index in [-0.39, 0.29) is 0 Å². The summed E-state index contributed by atoms with van der Waals surface area (Å²) in [5.41, 5.74) is 0. The van der Waals surface area contributed by atoms with Crippen LogP contribution in [0.5, 0.6) is 0 Å². The highest BCUT2D eigenvalue weighted by Crippen LogP contribution is 2.08. The number of hydrogen-bond donors (Lipinski definition) is 0. The van der Waals surface area contributed by atoms with Crippen LogP contribution in [0.15, 0.2) is 43.0 Å². The zero-order valence-electron chi connectivity index (χ0n) is 5.88. The van der Waals surface area contributed by atoms with E-state index in [0.29, 0.717) is 0 Å².